The van der Waals surface area contributed by atoms with Crippen molar-refractivity contribution in [1.29, 1.82) is 0 Å². The molecule has 0 radical (unpaired) electrons. The molecule has 1 aliphatic carbocycles. The van der Waals surface area contributed by atoms with Gasteiger partial charge < -0.3 is 10.2 Å². The summed E-state index contributed by atoms with van der Waals surface area (Å²) < 4.78 is 0. The lowest BCUT2D eigenvalue weighted by Crippen LogP contribution is -2.34. The zero-order valence-electron chi connectivity index (χ0n) is 13.7. The summed E-state index contributed by atoms with van der Waals surface area (Å²) in [5.74, 6) is 0.659. The highest BCUT2D eigenvalue weighted by Crippen LogP contribution is 2.31. The van der Waals surface area contributed by atoms with Crippen molar-refractivity contribution in [3.63, 3.8) is 0 Å². The number of anilines is 1. The molecule has 0 heterocycles. The Labute approximate surface area is 134 Å². The highest BCUT2D eigenvalue weighted by molar-refractivity contribution is 6.31. The fraction of sp³-hybridized carbons (Fsp3) is 0.667. The molecule has 0 bridgehead atoms. The topological polar surface area (TPSA) is 15.3 Å². The normalized spacial score (nSPS) is 16.4. The Hall–Kier alpha value is -0.730. The maximum absolute atomic E-state index is 6.46. The van der Waals surface area contributed by atoms with Crippen LogP contribution in [0.1, 0.15) is 51.5 Å². The maximum Gasteiger partial charge on any atom is 0.0471 e. The number of nitrogens with zero attached hydrogens (tertiary/aromatic N) is 1. The summed E-state index contributed by atoms with van der Waals surface area (Å²) in [6.07, 6.45) is 6.72. The molecule has 21 heavy (non-hydrogen) atoms. The number of hydrogen-bond donors (Lipinski definition) is 1. The van der Waals surface area contributed by atoms with Gasteiger partial charge in [-0.25, -0.2) is 0 Å². The minimum atomic E-state index is 0.659. The number of halogens is 1. The molecule has 0 saturated heterocycles. The Morgan fingerprint density at radius 2 is 1.95 bits per heavy atom. The van der Waals surface area contributed by atoms with Crippen molar-refractivity contribution in [1.82, 2.24) is 5.32 Å². The van der Waals surface area contributed by atoms with Crippen molar-refractivity contribution in [2.75, 3.05) is 18.5 Å². The SMILES string of the molecule is CC(C)CNCc1c(Cl)cccc1N(C)C1CCCCC1. The van der Waals surface area contributed by atoms with Crippen LogP contribution in [0.25, 0.3) is 0 Å². The van der Waals surface area contributed by atoms with Gasteiger partial charge in [0.15, 0.2) is 0 Å². The number of rotatable bonds is 6. The standard InChI is InChI=1S/C18H29ClN2/c1-14(2)12-20-13-16-17(19)10-7-11-18(16)21(3)15-8-5-4-6-9-15/h7,10-11,14-15,20H,4-6,8-9,12-13H2,1-3H3. The summed E-state index contributed by atoms with van der Waals surface area (Å²) in [7, 11) is 2.23. The van der Waals surface area contributed by atoms with Gasteiger partial charge in [-0.2, -0.15) is 0 Å². The average Bonchev–Trinajstić information content (AvgIpc) is 2.48. The minimum Gasteiger partial charge on any atom is -0.371 e. The molecule has 0 atom stereocenters. The highest BCUT2D eigenvalue weighted by Gasteiger charge is 2.20. The first-order valence-electron chi connectivity index (χ1n) is 8.30. The third kappa shape index (κ3) is 4.62. The van der Waals surface area contributed by atoms with E-state index in [9.17, 15) is 0 Å². The predicted octanol–water partition coefficient (Wildman–Crippen LogP) is 4.85. The van der Waals surface area contributed by atoms with E-state index in [-0.39, 0.29) is 0 Å². The van der Waals surface area contributed by atoms with Crippen molar-refractivity contribution in [2.45, 2.75) is 58.5 Å². The van der Waals surface area contributed by atoms with Gasteiger partial charge in [-0.3, -0.25) is 0 Å². The summed E-state index contributed by atoms with van der Waals surface area (Å²) in [5.41, 5.74) is 2.54. The van der Waals surface area contributed by atoms with Gasteiger partial charge in [0.1, 0.15) is 0 Å². The first kappa shape index (κ1) is 16.6. The largest absolute Gasteiger partial charge is 0.371 e. The van der Waals surface area contributed by atoms with Gasteiger partial charge in [0.2, 0.25) is 0 Å². The van der Waals surface area contributed by atoms with E-state index in [1.165, 1.54) is 43.4 Å². The number of nitrogens with one attached hydrogen (secondary N) is 1. The van der Waals surface area contributed by atoms with E-state index in [1.54, 1.807) is 0 Å². The monoisotopic (exact) mass is 308 g/mol. The molecule has 1 N–H and O–H groups in total. The first-order valence-corrected chi connectivity index (χ1v) is 8.68. The van der Waals surface area contributed by atoms with Crippen molar-refractivity contribution in [3.8, 4) is 0 Å². The van der Waals surface area contributed by atoms with Crippen LogP contribution in [0.15, 0.2) is 18.2 Å². The molecule has 2 rings (SSSR count). The zero-order chi connectivity index (χ0) is 15.2. The van der Waals surface area contributed by atoms with Crippen LogP contribution in [0.2, 0.25) is 5.02 Å². The number of hydrogen-bond acceptors (Lipinski definition) is 2. The van der Waals surface area contributed by atoms with Crippen LogP contribution in [0, 0.1) is 5.92 Å². The smallest absolute Gasteiger partial charge is 0.0471 e. The lowest BCUT2D eigenvalue weighted by atomic mass is 9.93. The second kappa shape index (κ2) is 8.05. The fourth-order valence-corrected chi connectivity index (χ4v) is 3.44. The van der Waals surface area contributed by atoms with E-state index in [0.29, 0.717) is 12.0 Å². The zero-order valence-corrected chi connectivity index (χ0v) is 14.4. The predicted molar refractivity (Wildman–Crippen MR) is 93.3 cm³/mol. The van der Waals surface area contributed by atoms with Gasteiger partial charge >= 0.3 is 0 Å². The van der Waals surface area contributed by atoms with Crippen molar-refractivity contribution in [3.05, 3.63) is 28.8 Å². The molecule has 0 unspecified atom stereocenters. The molecule has 3 heteroatoms. The number of benzene rings is 1. The van der Waals surface area contributed by atoms with Crippen LogP contribution in [-0.2, 0) is 6.54 Å². The van der Waals surface area contributed by atoms with Crippen molar-refractivity contribution < 1.29 is 0 Å². The van der Waals surface area contributed by atoms with Gasteiger partial charge in [0, 0.05) is 35.9 Å². The van der Waals surface area contributed by atoms with Gasteiger partial charge in [-0.15, -0.1) is 0 Å². The van der Waals surface area contributed by atoms with Crippen molar-refractivity contribution >= 4 is 17.3 Å². The second-order valence-corrected chi connectivity index (χ2v) is 7.07. The summed E-state index contributed by atoms with van der Waals surface area (Å²) in [6.45, 7) is 6.34. The Bertz CT molecular complexity index is 439. The average molecular weight is 309 g/mol. The third-order valence-electron chi connectivity index (χ3n) is 4.45. The Morgan fingerprint density at radius 1 is 1.24 bits per heavy atom. The van der Waals surface area contributed by atoms with E-state index in [2.05, 4.69) is 43.2 Å². The van der Waals surface area contributed by atoms with Crippen molar-refractivity contribution in [2.24, 2.45) is 5.92 Å². The van der Waals surface area contributed by atoms with E-state index in [4.69, 9.17) is 11.6 Å². The lowest BCUT2D eigenvalue weighted by Gasteiger charge is -2.34. The molecular formula is C18H29ClN2. The molecule has 0 aliphatic heterocycles. The first-order chi connectivity index (χ1) is 10.1. The second-order valence-electron chi connectivity index (χ2n) is 6.67. The Balaban J connectivity index is 2.11. The molecule has 1 saturated carbocycles. The molecule has 0 aromatic heterocycles. The van der Waals surface area contributed by atoms with E-state index in [1.807, 2.05) is 6.07 Å². The Morgan fingerprint density at radius 3 is 2.62 bits per heavy atom. The fourth-order valence-electron chi connectivity index (χ4n) is 3.20. The summed E-state index contributed by atoms with van der Waals surface area (Å²) >= 11 is 6.46. The molecule has 1 aliphatic rings. The Kier molecular flexibility index (Phi) is 6.38. The van der Waals surface area contributed by atoms with Crippen LogP contribution < -0.4 is 10.2 Å². The van der Waals surface area contributed by atoms with Gasteiger partial charge in [0.05, 0.1) is 0 Å². The minimum absolute atomic E-state index is 0.659. The van der Waals surface area contributed by atoms with Crippen LogP contribution >= 0.6 is 11.6 Å². The van der Waals surface area contributed by atoms with Gasteiger partial charge in [-0.05, 0) is 37.4 Å². The summed E-state index contributed by atoms with van der Waals surface area (Å²) in [4.78, 5) is 2.46. The van der Waals surface area contributed by atoms with Crippen LogP contribution in [-0.4, -0.2) is 19.6 Å². The molecule has 1 aromatic rings. The lowest BCUT2D eigenvalue weighted by molar-refractivity contribution is 0.427. The molecule has 2 nitrogen and oxygen atoms in total. The van der Waals surface area contributed by atoms with Crippen LogP contribution in [0.4, 0.5) is 5.69 Å². The van der Waals surface area contributed by atoms with Gasteiger partial charge in [0.25, 0.3) is 0 Å². The quantitative estimate of drug-likeness (QED) is 0.807. The van der Waals surface area contributed by atoms with Crippen LogP contribution in [0.3, 0.4) is 0 Å². The third-order valence-corrected chi connectivity index (χ3v) is 4.81. The van der Waals surface area contributed by atoms with E-state index < -0.39 is 0 Å². The summed E-state index contributed by atoms with van der Waals surface area (Å²) in [5, 5.41) is 4.41. The highest BCUT2D eigenvalue weighted by atomic mass is 35.5. The maximum atomic E-state index is 6.46. The molecule has 1 aromatic carbocycles. The molecular weight excluding hydrogens is 280 g/mol. The summed E-state index contributed by atoms with van der Waals surface area (Å²) in [6, 6.07) is 6.96. The van der Waals surface area contributed by atoms with Gasteiger partial charge in [-0.1, -0.05) is 50.8 Å². The molecule has 118 valence electrons. The molecule has 1 fully saturated rings. The van der Waals surface area contributed by atoms with Crippen LogP contribution in [0.5, 0.6) is 0 Å². The molecule has 0 amide bonds. The van der Waals surface area contributed by atoms with E-state index >= 15 is 0 Å². The molecule has 0 spiro atoms. The van der Waals surface area contributed by atoms with E-state index in [0.717, 1.165) is 18.1 Å².